The van der Waals surface area contributed by atoms with Gasteiger partial charge in [0.25, 0.3) is 5.56 Å². The largest absolute Gasteiger partial charge is 0.457 e. The minimum Gasteiger partial charge on any atom is -0.457 e. The Labute approximate surface area is 189 Å². The molecule has 0 aliphatic heterocycles. The Balaban J connectivity index is 1.66. The van der Waals surface area contributed by atoms with Gasteiger partial charge in [-0.3, -0.25) is 14.4 Å². The average molecular weight is 461 g/mol. The van der Waals surface area contributed by atoms with Crippen LogP contribution in [-0.4, -0.2) is 27.9 Å². The lowest BCUT2D eigenvalue weighted by molar-refractivity contribution is -0.142. The maximum Gasteiger partial charge on any atom is 0.306 e. The molecule has 0 saturated carbocycles. The lowest BCUT2D eigenvalue weighted by Gasteiger charge is -2.12. The van der Waals surface area contributed by atoms with E-state index >= 15 is 0 Å². The fourth-order valence-electron chi connectivity index (χ4n) is 3.18. The third kappa shape index (κ3) is 5.71. The number of Topliss-reactive ketones (excluding diaryl/α,β-unsaturated/α-hetero) is 1. The minimum atomic E-state index is -0.590. The van der Waals surface area contributed by atoms with E-state index < -0.39 is 18.4 Å². The van der Waals surface area contributed by atoms with Crippen molar-refractivity contribution >= 4 is 46.0 Å². The smallest absolute Gasteiger partial charge is 0.306 e. The van der Waals surface area contributed by atoms with E-state index in [4.69, 9.17) is 27.9 Å². The van der Waals surface area contributed by atoms with Crippen molar-refractivity contribution in [2.24, 2.45) is 0 Å². The summed E-state index contributed by atoms with van der Waals surface area (Å²) in [5, 5.41) is 0.604. The first-order valence-corrected chi connectivity index (χ1v) is 10.8. The van der Waals surface area contributed by atoms with Gasteiger partial charge >= 0.3 is 5.97 Å². The van der Waals surface area contributed by atoms with Gasteiger partial charge in [0.1, 0.15) is 5.69 Å². The van der Waals surface area contributed by atoms with Crippen molar-refractivity contribution in [3.05, 3.63) is 74.1 Å². The lowest BCUT2D eigenvalue weighted by Crippen LogP contribution is -2.26. The fraction of sp³-hybridized carbons (Fsp3) is 0.304. The normalized spacial score (nSPS) is 10.9. The Hall–Kier alpha value is -2.70. The zero-order chi connectivity index (χ0) is 22.4. The number of carbonyl (C=O) groups is 2. The summed E-state index contributed by atoms with van der Waals surface area (Å²) >= 11 is 11.8. The molecule has 0 atom stereocenters. The van der Waals surface area contributed by atoms with Crippen molar-refractivity contribution in [2.45, 2.75) is 39.2 Å². The summed E-state index contributed by atoms with van der Waals surface area (Å²) in [4.78, 5) is 41.7. The first-order chi connectivity index (χ1) is 14.9. The highest BCUT2D eigenvalue weighted by molar-refractivity contribution is 6.36. The second kappa shape index (κ2) is 10.6. The van der Waals surface area contributed by atoms with Crippen LogP contribution in [0.1, 0.15) is 42.2 Å². The van der Waals surface area contributed by atoms with Crippen LogP contribution in [0.25, 0.3) is 11.0 Å². The molecular weight excluding hydrogens is 439 g/mol. The quantitative estimate of drug-likeness (QED) is 0.336. The molecule has 162 valence electrons. The number of benzene rings is 2. The Morgan fingerprint density at radius 2 is 1.90 bits per heavy atom. The van der Waals surface area contributed by atoms with Crippen LogP contribution in [0.4, 0.5) is 0 Å². The van der Waals surface area contributed by atoms with Crippen molar-refractivity contribution in [2.75, 3.05) is 6.61 Å². The number of hydrogen-bond acceptors (Lipinski definition) is 5. The van der Waals surface area contributed by atoms with E-state index in [0.717, 1.165) is 18.4 Å². The van der Waals surface area contributed by atoms with Gasteiger partial charge in [-0.05, 0) is 36.8 Å². The van der Waals surface area contributed by atoms with Crippen LogP contribution in [-0.2, 0) is 22.5 Å². The molecule has 6 nitrogen and oxygen atoms in total. The standard InChI is InChI=1S/C23H22Cl2N2O4/c1-2-3-12-27-20-7-5-4-6-18(20)26-19(23(27)30)10-11-22(29)31-14-21(28)16-9-8-15(24)13-17(16)25/h4-9,13H,2-3,10-12,14H2,1H3. The van der Waals surface area contributed by atoms with Crippen LogP contribution in [0.3, 0.4) is 0 Å². The summed E-state index contributed by atoms with van der Waals surface area (Å²) in [6, 6.07) is 11.9. The molecule has 0 fully saturated rings. The molecule has 0 spiro atoms. The highest BCUT2D eigenvalue weighted by atomic mass is 35.5. The summed E-state index contributed by atoms with van der Waals surface area (Å²) in [6.45, 7) is 2.21. The van der Waals surface area contributed by atoms with Gasteiger partial charge in [0.2, 0.25) is 5.78 Å². The molecule has 3 aromatic rings. The van der Waals surface area contributed by atoms with E-state index in [2.05, 4.69) is 11.9 Å². The van der Waals surface area contributed by atoms with Gasteiger partial charge in [-0.15, -0.1) is 0 Å². The van der Waals surface area contributed by atoms with Crippen LogP contribution >= 0.6 is 23.2 Å². The first-order valence-electron chi connectivity index (χ1n) is 10.0. The van der Waals surface area contributed by atoms with Gasteiger partial charge in [-0.1, -0.05) is 48.7 Å². The number of carbonyl (C=O) groups excluding carboxylic acids is 2. The number of unbranched alkanes of at least 4 members (excludes halogenated alkanes) is 1. The molecule has 8 heteroatoms. The van der Waals surface area contributed by atoms with Crippen LogP contribution in [0, 0.1) is 0 Å². The molecule has 2 aromatic carbocycles. The topological polar surface area (TPSA) is 78.3 Å². The van der Waals surface area contributed by atoms with Crippen LogP contribution in [0.5, 0.6) is 0 Å². The fourth-order valence-corrected chi connectivity index (χ4v) is 3.69. The summed E-state index contributed by atoms with van der Waals surface area (Å²) in [6.07, 6.45) is 1.89. The predicted molar refractivity (Wildman–Crippen MR) is 121 cm³/mol. The number of esters is 1. The minimum absolute atomic E-state index is 0.0595. The number of halogens is 2. The molecule has 0 radical (unpaired) electrons. The number of rotatable bonds is 9. The van der Waals surface area contributed by atoms with Crippen LogP contribution in [0.15, 0.2) is 47.3 Å². The summed E-state index contributed by atoms with van der Waals surface area (Å²) < 4.78 is 6.78. The van der Waals surface area contributed by atoms with Gasteiger partial charge in [0.05, 0.1) is 22.5 Å². The van der Waals surface area contributed by atoms with Gasteiger partial charge in [0.15, 0.2) is 6.61 Å². The molecule has 0 aliphatic carbocycles. The highest BCUT2D eigenvalue weighted by Crippen LogP contribution is 2.21. The molecule has 0 unspecified atom stereocenters. The van der Waals surface area contributed by atoms with Crippen LogP contribution in [0.2, 0.25) is 10.0 Å². The highest BCUT2D eigenvalue weighted by Gasteiger charge is 2.16. The van der Waals surface area contributed by atoms with Gasteiger partial charge in [0, 0.05) is 23.6 Å². The molecule has 0 aliphatic rings. The third-order valence-electron chi connectivity index (χ3n) is 4.82. The van der Waals surface area contributed by atoms with Crippen molar-refractivity contribution in [3.8, 4) is 0 Å². The number of aromatic nitrogens is 2. The maximum absolute atomic E-state index is 12.9. The Morgan fingerprint density at radius 1 is 1.13 bits per heavy atom. The number of ether oxygens (including phenoxy) is 1. The van der Waals surface area contributed by atoms with Crippen molar-refractivity contribution in [3.63, 3.8) is 0 Å². The summed E-state index contributed by atoms with van der Waals surface area (Å²) in [7, 11) is 0. The predicted octanol–water partition coefficient (Wildman–Crippen LogP) is 4.86. The molecule has 0 saturated heterocycles. The third-order valence-corrected chi connectivity index (χ3v) is 5.36. The maximum atomic E-state index is 12.9. The zero-order valence-electron chi connectivity index (χ0n) is 17.1. The molecule has 1 aromatic heterocycles. The van der Waals surface area contributed by atoms with E-state index in [1.54, 1.807) is 4.57 Å². The monoisotopic (exact) mass is 460 g/mol. The van der Waals surface area contributed by atoms with E-state index in [0.29, 0.717) is 22.8 Å². The first kappa shape index (κ1) is 23.0. The number of fused-ring (bicyclic) bond motifs is 1. The lowest BCUT2D eigenvalue weighted by atomic mass is 10.1. The SMILES string of the molecule is CCCCn1c(=O)c(CCC(=O)OCC(=O)c2ccc(Cl)cc2Cl)nc2ccccc21. The van der Waals surface area contributed by atoms with Gasteiger partial charge in [-0.25, -0.2) is 4.98 Å². The molecular formula is C23H22Cl2N2O4. The van der Waals surface area contributed by atoms with E-state index in [-0.39, 0.29) is 29.0 Å². The Morgan fingerprint density at radius 3 is 2.65 bits per heavy atom. The second-order valence-corrected chi connectivity index (χ2v) is 7.91. The Bertz CT molecular complexity index is 1170. The van der Waals surface area contributed by atoms with Crippen molar-refractivity contribution in [1.29, 1.82) is 0 Å². The zero-order valence-corrected chi connectivity index (χ0v) is 18.6. The van der Waals surface area contributed by atoms with Crippen molar-refractivity contribution in [1.82, 2.24) is 9.55 Å². The van der Waals surface area contributed by atoms with Gasteiger partial charge in [-0.2, -0.15) is 0 Å². The number of aryl methyl sites for hydroxylation is 2. The average Bonchev–Trinajstić information content (AvgIpc) is 2.75. The molecule has 31 heavy (non-hydrogen) atoms. The number of ketones is 1. The number of nitrogens with zero attached hydrogens (tertiary/aromatic N) is 2. The summed E-state index contributed by atoms with van der Waals surface area (Å²) in [5.41, 5.74) is 1.81. The molecule has 0 bridgehead atoms. The summed E-state index contributed by atoms with van der Waals surface area (Å²) in [5.74, 6) is -1.02. The number of hydrogen-bond donors (Lipinski definition) is 0. The van der Waals surface area contributed by atoms with E-state index in [1.165, 1.54) is 18.2 Å². The van der Waals surface area contributed by atoms with Crippen LogP contribution < -0.4 is 5.56 Å². The molecule has 1 heterocycles. The Kier molecular flexibility index (Phi) is 7.82. The van der Waals surface area contributed by atoms with Gasteiger partial charge < -0.3 is 9.30 Å². The van der Waals surface area contributed by atoms with E-state index in [1.807, 2.05) is 24.3 Å². The molecule has 3 rings (SSSR count). The number of para-hydroxylation sites is 2. The van der Waals surface area contributed by atoms with E-state index in [9.17, 15) is 14.4 Å². The second-order valence-electron chi connectivity index (χ2n) is 7.07. The van der Waals surface area contributed by atoms with Crippen molar-refractivity contribution < 1.29 is 14.3 Å². The molecule has 0 amide bonds. The molecule has 0 N–H and O–H groups in total.